The fourth-order valence-corrected chi connectivity index (χ4v) is 14.5. The molecule has 36 heteroatoms. The minimum absolute atomic E-state index is 0.00288. The summed E-state index contributed by atoms with van der Waals surface area (Å²) in [5.74, 6) is -0.780. The van der Waals surface area contributed by atoms with Gasteiger partial charge in [-0.3, -0.25) is 29.0 Å². The zero-order valence-electron chi connectivity index (χ0n) is 68.5. The number of carbonyl (C=O) groups excluding carboxylic acids is 3. The highest BCUT2D eigenvalue weighted by Gasteiger charge is 2.35. The predicted molar refractivity (Wildman–Crippen MR) is 451 cm³/mol. The van der Waals surface area contributed by atoms with Crippen molar-refractivity contribution in [2.45, 2.75) is 84.6 Å². The van der Waals surface area contributed by atoms with E-state index in [2.05, 4.69) is 97.3 Å². The average Bonchev–Trinajstić information content (AvgIpc) is 1.63. The molecular formula is C87H94F9N21O6. The minimum atomic E-state index is -4.44. The van der Waals surface area contributed by atoms with Crippen molar-refractivity contribution in [3.8, 4) is 68.3 Å². The van der Waals surface area contributed by atoms with Gasteiger partial charge in [-0.25, -0.2) is 29.9 Å². The van der Waals surface area contributed by atoms with Crippen molar-refractivity contribution in [1.29, 1.82) is 0 Å². The van der Waals surface area contributed by atoms with Crippen LogP contribution < -0.4 is 30.7 Å². The van der Waals surface area contributed by atoms with Crippen LogP contribution >= 0.6 is 0 Å². The molecule has 0 spiro atoms. The van der Waals surface area contributed by atoms with Crippen LogP contribution in [-0.4, -0.2) is 212 Å². The third-order valence-electron chi connectivity index (χ3n) is 21.4. The second-order valence-electron chi connectivity index (χ2n) is 30.8. The zero-order chi connectivity index (χ0) is 87.6. The summed E-state index contributed by atoms with van der Waals surface area (Å²) in [6.07, 6.45) is -4.04. The Hall–Kier alpha value is -12.9. The van der Waals surface area contributed by atoms with Crippen LogP contribution in [0, 0.1) is 0 Å². The Bertz CT molecular complexity index is 5560. The van der Waals surface area contributed by atoms with Gasteiger partial charge in [0.25, 0.3) is 17.7 Å². The number of hydrogen-bond donors (Lipinski definition) is 8. The number of nitrogens with zero attached hydrogens (tertiary/aromatic N) is 15. The Balaban J connectivity index is 0.000000159. The monoisotopic (exact) mass is 1700 g/mol. The molecule has 6 aromatic carbocycles. The number of aliphatic hydroxyl groups is 1. The lowest BCUT2D eigenvalue weighted by atomic mass is 10.1. The molecule has 3 aliphatic rings. The summed E-state index contributed by atoms with van der Waals surface area (Å²) in [6.45, 7) is 23.7. The third kappa shape index (κ3) is 21.5. The van der Waals surface area contributed by atoms with Crippen molar-refractivity contribution in [3.05, 3.63) is 217 Å². The average molecular weight is 1700 g/mol. The molecule has 0 bridgehead atoms. The Kier molecular flexibility index (Phi) is 27.2. The van der Waals surface area contributed by atoms with Gasteiger partial charge in [0, 0.05) is 161 Å². The number of β-amino-alcohol motifs (C(OH)–C–C–N with tert-alkyl or cyclic N) is 1. The second kappa shape index (κ2) is 38.0. The van der Waals surface area contributed by atoms with Crippen molar-refractivity contribution in [3.63, 3.8) is 0 Å². The number of amides is 3. The van der Waals surface area contributed by atoms with Crippen molar-refractivity contribution in [2.75, 3.05) is 136 Å². The Labute approximate surface area is 702 Å². The number of carbonyl (C=O) groups is 4. The number of imidazole rings is 6. The first-order valence-electron chi connectivity index (χ1n) is 40.1. The highest BCUT2D eigenvalue weighted by molar-refractivity contribution is 6.05. The van der Waals surface area contributed by atoms with Gasteiger partial charge in [0.1, 0.15) is 34.2 Å². The Morgan fingerprint density at radius 3 is 0.902 bits per heavy atom. The molecule has 3 amide bonds. The first-order valence-corrected chi connectivity index (χ1v) is 40.1. The number of benzene rings is 6. The summed E-state index contributed by atoms with van der Waals surface area (Å²) in [5.41, 5.74) is 8.16. The number of halogens is 9. The van der Waals surface area contributed by atoms with Gasteiger partial charge in [0.05, 0.1) is 84.4 Å². The van der Waals surface area contributed by atoms with Gasteiger partial charge in [0.2, 0.25) is 0 Å². The molecule has 8 N–H and O–H groups in total. The summed E-state index contributed by atoms with van der Waals surface area (Å²) < 4.78 is 123. The van der Waals surface area contributed by atoms with E-state index in [1.165, 1.54) is 55.0 Å². The fraction of sp³-hybridized carbons (Fsp3) is 0.333. The summed E-state index contributed by atoms with van der Waals surface area (Å²) >= 11 is 0. The highest BCUT2D eigenvalue weighted by atomic mass is 19.4. The minimum Gasteiger partial charge on any atom is -0.481 e. The maximum absolute atomic E-state index is 13.1. The lowest BCUT2D eigenvalue weighted by molar-refractivity contribution is -0.138. The van der Waals surface area contributed by atoms with Crippen LogP contribution in [0.4, 0.5) is 73.6 Å². The van der Waals surface area contributed by atoms with Gasteiger partial charge >= 0.3 is 24.5 Å². The molecule has 6 aromatic heterocycles. The van der Waals surface area contributed by atoms with Crippen LogP contribution in [0.3, 0.4) is 0 Å². The van der Waals surface area contributed by atoms with Gasteiger partial charge in [0.15, 0.2) is 17.5 Å². The number of carboxylic acids is 1. The van der Waals surface area contributed by atoms with E-state index >= 15 is 0 Å². The van der Waals surface area contributed by atoms with Gasteiger partial charge in [-0.2, -0.15) is 39.5 Å². The standard InChI is InChI=1S/C30H32F3N7O3.C29H32F3N7O2.C28H30F3N7O/c1-19(2)40-18-35-26(20-3-5-21(6-4-20)30(31,32)33)27(40)28-34-17-24(37-28)29(43)36-22-7-9-23(10-8-22)39-15-13-38(14-16-39)12-11-25(41)42;1-19(2)39-18-34-25(20-3-5-21(6-4-20)29(30,31)32)26(39)27-33-17-24(36-27)28(41)35-22-7-9-23(10-8-22)38-13-11-37(12-14-38)15-16-40;1-18(2)38-17-33-24(19-4-6-20(7-5-19)28(29,30)31)25(38)26-32-16-23(35-26)27(39)34-21-8-10-22(11-9-21)37-14-12-36(3)13-15-37/h3-10,17-19H,11-16H2,1-2H3,(H,34,37)(H,36,43)(H,41,42);3-10,17-19,40H,11-16H2,1-2H3,(H,33,36)(H,35,41);4-11,16-18H,12-15H2,1-3H3,(H,32,35)(H,34,39). The Morgan fingerprint density at radius 1 is 0.382 bits per heavy atom. The summed E-state index contributed by atoms with van der Waals surface area (Å²) in [4.78, 5) is 99.2. The molecule has 123 heavy (non-hydrogen) atoms. The molecule has 15 rings (SSSR count). The van der Waals surface area contributed by atoms with E-state index in [9.17, 15) is 58.7 Å². The number of likely N-dealkylation sites (N-methyl/N-ethyl adjacent to an activating group) is 1. The number of nitrogens with one attached hydrogen (secondary N) is 6. The largest absolute Gasteiger partial charge is 0.481 e. The molecular weight excluding hydrogens is 1610 g/mol. The molecule has 0 unspecified atom stereocenters. The van der Waals surface area contributed by atoms with Crippen LogP contribution in [0.1, 0.15) is 114 Å². The van der Waals surface area contributed by atoms with Crippen LogP contribution in [0.25, 0.3) is 68.3 Å². The van der Waals surface area contributed by atoms with Crippen LogP contribution in [0.2, 0.25) is 0 Å². The smallest absolute Gasteiger partial charge is 0.416 e. The van der Waals surface area contributed by atoms with Gasteiger partial charge in [-0.05, 0) is 158 Å². The highest BCUT2D eigenvalue weighted by Crippen LogP contribution is 2.40. The normalized spacial score (nSPS) is 14.5. The number of hydrogen-bond acceptors (Lipinski definition) is 17. The van der Waals surface area contributed by atoms with Gasteiger partial charge in [-0.1, -0.05) is 36.4 Å². The number of aliphatic hydroxyl groups excluding tert-OH is 1. The molecule has 0 radical (unpaired) electrons. The van der Waals surface area contributed by atoms with Gasteiger partial charge < -0.3 is 74.4 Å². The molecule has 27 nitrogen and oxygen atoms in total. The van der Waals surface area contributed by atoms with Crippen LogP contribution in [0.5, 0.6) is 0 Å². The molecule has 0 saturated carbocycles. The number of piperazine rings is 3. The molecule has 9 heterocycles. The lowest BCUT2D eigenvalue weighted by Crippen LogP contribution is -2.47. The summed E-state index contributed by atoms with van der Waals surface area (Å²) in [7, 11) is 2.11. The summed E-state index contributed by atoms with van der Waals surface area (Å²) in [5, 5.41) is 26.7. The van der Waals surface area contributed by atoms with E-state index in [0.29, 0.717) is 98.5 Å². The van der Waals surface area contributed by atoms with Crippen molar-refractivity contribution in [2.24, 2.45) is 0 Å². The van der Waals surface area contributed by atoms with E-state index in [-0.39, 0.29) is 60.0 Å². The predicted octanol–water partition coefficient (Wildman–Crippen LogP) is 15.8. The van der Waals surface area contributed by atoms with Crippen molar-refractivity contribution < 1.29 is 68.9 Å². The summed E-state index contributed by atoms with van der Waals surface area (Å²) in [6, 6.07) is 37.3. The number of aliphatic carboxylic acids is 1. The molecule has 3 aliphatic heterocycles. The zero-order valence-corrected chi connectivity index (χ0v) is 68.5. The molecule has 0 aliphatic carbocycles. The first kappa shape index (κ1) is 87.9. The number of aromatic nitrogens is 12. The number of rotatable bonds is 23. The number of anilines is 6. The molecule has 3 fully saturated rings. The topological polar surface area (TPSA) is 304 Å². The van der Waals surface area contributed by atoms with Crippen LogP contribution in [0.15, 0.2) is 183 Å². The number of aromatic amines is 3. The fourth-order valence-electron chi connectivity index (χ4n) is 14.5. The second-order valence-corrected chi connectivity index (χ2v) is 30.8. The van der Waals surface area contributed by atoms with Crippen molar-refractivity contribution >= 4 is 57.8 Å². The van der Waals surface area contributed by atoms with E-state index in [1.807, 2.05) is 128 Å². The van der Waals surface area contributed by atoms with E-state index in [1.54, 1.807) is 19.0 Å². The SMILES string of the molecule is CC(C)n1cnc(-c2ccc(C(F)(F)F)cc2)c1-c1ncc(C(=O)Nc2ccc(N3CCN(C)CC3)cc2)[nH]1.CC(C)n1cnc(-c2ccc(C(F)(F)F)cc2)c1-c1ncc(C(=O)Nc2ccc(N3CCN(CCC(=O)O)CC3)cc2)[nH]1.CC(C)n1cnc(-c2ccc(C(F)(F)F)cc2)c1-c1ncc(C(=O)Nc2ccc(N3CCN(CCO)CC3)cc2)[nH]1. The molecule has 0 atom stereocenters. The number of alkyl halides is 9. The van der Waals surface area contributed by atoms with E-state index in [4.69, 9.17) is 10.2 Å². The molecule has 12 aromatic rings. The third-order valence-corrected chi connectivity index (χ3v) is 21.4. The number of H-pyrrole nitrogens is 3. The van der Waals surface area contributed by atoms with Crippen LogP contribution in [-0.2, 0) is 23.3 Å². The quantitative estimate of drug-likeness (QED) is 0.0276. The van der Waals surface area contributed by atoms with E-state index < -0.39 is 47.1 Å². The maximum atomic E-state index is 13.1. The Morgan fingerprint density at radius 2 is 0.650 bits per heavy atom. The maximum Gasteiger partial charge on any atom is 0.416 e. The molecule has 646 valence electrons. The van der Waals surface area contributed by atoms with E-state index in [0.717, 1.165) is 132 Å². The lowest BCUT2D eigenvalue weighted by Gasteiger charge is -2.36. The number of carboxylic acid groups (broad SMARTS) is 1. The van der Waals surface area contributed by atoms with Gasteiger partial charge in [-0.15, -0.1) is 0 Å². The first-order chi connectivity index (χ1) is 58.7. The van der Waals surface area contributed by atoms with Crippen molar-refractivity contribution in [1.82, 2.24) is 73.3 Å². The molecule has 3 saturated heterocycles.